The van der Waals surface area contributed by atoms with Crippen LogP contribution in [0.2, 0.25) is 0 Å². The SMILES string of the molecule is COc1ccc(C)cc1S(=O)(=O)N1CCc2c(CN3CCCC3)cccc21.O=C(O)C(F)(F)F. The second-order valence-corrected chi connectivity index (χ2v) is 10.0. The molecule has 2 aromatic rings. The molecular weight excluding hydrogens is 473 g/mol. The Kier molecular flexibility index (Phi) is 7.77. The Labute approximate surface area is 196 Å². The second-order valence-electron chi connectivity index (χ2n) is 8.18. The van der Waals surface area contributed by atoms with E-state index >= 15 is 0 Å². The number of alkyl halides is 3. The number of rotatable bonds is 5. The van der Waals surface area contributed by atoms with Crippen LogP contribution in [0.4, 0.5) is 18.9 Å². The number of anilines is 1. The third kappa shape index (κ3) is 5.64. The molecule has 1 N–H and O–H groups in total. The average Bonchev–Trinajstić information content (AvgIpc) is 3.44. The fourth-order valence-corrected chi connectivity index (χ4v) is 5.90. The maximum Gasteiger partial charge on any atom is 0.490 e. The predicted octanol–water partition coefficient (Wildman–Crippen LogP) is 3.98. The molecule has 2 aliphatic heterocycles. The van der Waals surface area contributed by atoms with Crippen molar-refractivity contribution in [3.63, 3.8) is 0 Å². The van der Waals surface area contributed by atoms with Crippen LogP contribution in [-0.4, -0.2) is 57.3 Å². The summed E-state index contributed by atoms with van der Waals surface area (Å²) in [7, 11) is -2.16. The maximum absolute atomic E-state index is 13.4. The molecule has 7 nitrogen and oxygen atoms in total. The van der Waals surface area contributed by atoms with Gasteiger partial charge in [-0.1, -0.05) is 18.2 Å². The summed E-state index contributed by atoms with van der Waals surface area (Å²) in [4.78, 5) is 11.6. The van der Waals surface area contributed by atoms with Gasteiger partial charge in [0.25, 0.3) is 10.0 Å². The molecule has 2 aliphatic rings. The zero-order valence-corrected chi connectivity index (χ0v) is 19.7. The van der Waals surface area contributed by atoms with E-state index in [2.05, 4.69) is 11.0 Å². The number of likely N-dealkylation sites (tertiary alicyclic amines) is 1. The van der Waals surface area contributed by atoms with Gasteiger partial charge in [0.1, 0.15) is 10.6 Å². The first kappa shape index (κ1) is 25.8. The summed E-state index contributed by atoms with van der Waals surface area (Å²) in [6.07, 6.45) is -1.82. The van der Waals surface area contributed by atoms with Crippen LogP contribution in [-0.2, 0) is 27.8 Å². The third-order valence-corrected chi connectivity index (χ3v) is 7.64. The van der Waals surface area contributed by atoms with Crippen LogP contribution in [0.1, 0.15) is 29.5 Å². The van der Waals surface area contributed by atoms with Crippen molar-refractivity contribution in [1.82, 2.24) is 4.90 Å². The molecule has 0 radical (unpaired) electrons. The molecule has 2 aromatic carbocycles. The molecular formula is C23H27F3N2O5S. The molecule has 34 heavy (non-hydrogen) atoms. The van der Waals surface area contributed by atoms with Crippen LogP contribution in [0.15, 0.2) is 41.3 Å². The summed E-state index contributed by atoms with van der Waals surface area (Å²) in [5.41, 5.74) is 4.13. The Bertz CT molecular complexity index is 1150. The van der Waals surface area contributed by atoms with E-state index in [1.165, 1.54) is 31.1 Å². The van der Waals surface area contributed by atoms with E-state index in [4.69, 9.17) is 14.6 Å². The molecule has 186 valence electrons. The number of carboxylic acids is 1. The van der Waals surface area contributed by atoms with Gasteiger partial charge in [-0.3, -0.25) is 9.21 Å². The number of carboxylic acid groups (broad SMARTS) is 1. The number of aryl methyl sites for hydroxylation is 1. The number of hydrogen-bond donors (Lipinski definition) is 1. The van der Waals surface area contributed by atoms with Crippen molar-refractivity contribution in [1.29, 1.82) is 0 Å². The molecule has 0 aromatic heterocycles. The average molecular weight is 501 g/mol. The topological polar surface area (TPSA) is 87.2 Å². The van der Waals surface area contributed by atoms with E-state index in [-0.39, 0.29) is 4.90 Å². The number of fused-ring (bicyclic) bond motifs is 1. The quantitative estimate of drug-likeness (QED) is 0.668. The molecule has 0 amide bonds. The van der Waals surface area contributed by atoms with Crippen molar-refractivity contribution < 1.29 is 36.2 Å². The fourth-order valence-electron chi connectivity index (χ4n) is 4.16. The number of aliphatic carboxylic acids is 1. The maximum atomic E-state index is 13.4. The minimum absolute atomic E-state index is 0.239. The Morgan fingerprint density at radius 2 is 1.76 bits per heavy atom. The van der Waals surface area contributed by atoms with Crippen LogP contribution >= 0.6 is 0 Å². The number of carbonyl (C=O) groups is 1. The number of halogens is 3. The van der Waals surface area contributed by atoms with Gasteiger partial charge in [-0.25, -0.2) is 13.2 Å². The minimum Gasteiger partial charge on any atom is -0.495 e. The monoisotopic (exact) mass is 500 g/mol. The number of benzene rings is 2. The lowest BCUT2D eigenvalue weighted by molar-refractivity contribution is -0.192. The lowest BCUT2D eigenvalue weighted by atomic mass is 10.0. The van der Waals surface area contributed by atoms with Crippen LogP contribution in [0.3, 0.4) is 0 Å². The fraction of sp³-hybridized carbons (Fsp3) is 0.435. The predicted molar refractivity (Wildman–Crippen MR) is 121 cm³/mol. The number of sulfonamides is 1. The summed E-state index contributed by atoms with van der Waals surface area (Å²) in [5, 5.41) is 7.12. The molecule has 0 atom stereocenters. The smallest absolute Gasteiger partial charge is 0.490 e. The largest absolute Gasteiger partial charge is 0.495 e. The van der Waals surface area contributed by atoms with Gasteiger partial charge in [0, 0.05) is 13.1 Å². The van der Waals surface area contributed by atoms with Crippen LogP contribution in [0.25, 0.3) is 0 Å². The van der Waals surface area contributed by atoms with Gasteiger partial charge >= 0.3 is 12.1 Å². The zero-order chi connectivity index (χ0) is 25.1. The Balaban J connectivity index is 0.000000406. The normalized spacial score (nSPS) is 16.1. The number of nitrogens with zero attached hydrogens (tertiary/aromatic N) is 2. The van der Waals surface area contributed by atoms with E-state index < -0.39 is 22.2 Å². The van der Waals surface area contributed by atoms with E-state index in [1.807, 2.05) is 25.1 Å². The summed E-state index contributed by atoms with van der Waals surface area (Å²) in [6.45, 7) is 5.54. The first-order valence-corrected chi connectivity index (χ1v) is 12.2. The number of hydrogen-bond acceptors (Lipinski definition) is 5. The van der Waals surface area contributed by atoms with Crippen molar-refractivity contribution in [3.8, 4) is 5.75 Å². The molecule has 1 fully saturated rings. The molecule has 0 spiro atoms. The lowest BCUT2D eigenvalue weighted by Gasteiger charge is -2.22. The van der Waals surface area contributed by atoms with Gasteiger partial charge in [-0.2, -0.15) is 13.2 Å². The summed E-state index contributed by atoms with van der Waals surface area (Å²) in [6, 6.07) is 11.3. The summed E-state index contributed by atoms with van der Waals surface area (Å²) >= 11 is 0. The van der Waals surface area contributed by atoms with E-state index in [0.717, 1.165) is 37.3 Å². The van der Waals surface area contributed by atoms with Crippen molar-refractivity contribution in [2.75, 3.05) is 31.0 Å². The van der Waals surface area contributed by atoms with Gasteiger partial charge in [0.2, 0.25) is 0 Å². The minimum atomic E-state index is -5.08. The Morgan fingerprint density at radius 3 is 2.35 bits per heavy atom. The highest BCUT2D eigenvalue weighted by atomic mass is 32.2. The third-order valence-electron chi connectivity index (χ3n) is 5.80. The standard InChI is InChI=1S/C21H26N2O3S.C2HF3O2/c1-16-8-9-20(26-2)21(14-16)27(24,25)23-13-10-18-17(6-5-7-19(18)23)15-22-11-3-4-12-22;3-2(4,5)1(6)7/h5-9,14H,3-4,10-13,15H2,1-2H3;(H,6,7). The summed E-state index contributed by atoms with van der Waals surface area (Å²) < 4.78 is 65.5. The molecule has 11 heteroatoms. The lowest BCUT2D eigenvalue weighted by Crippen LogP contribution is -2.29. The molecule has 0 unspecified atom stereocenters. The Hall–Kier alpha value is -2.79. The van der Waals surface area contributed by atoms with Crippen LogP contribution in [0, 0.1) is 6.92 Å². The van der Waals surface area contributed by atoms with E-state index in [1.54, 1.807) is 16.4 Å². The van der Waals surface area contributed by atoms with Gasteiger partial charge in [0.05, 0.1) is 12.8 Å². The molecule has 4 rings (SSSR count). The van der Waals surface area contributed by atoms with Gasteiger partial charge < -0.3 is 9.84 Å². The van der Waals surface area contributed by atoms with E-state index in [0.29, 0.717) is 12.3 Å². The highest BCUT2D eigenvalue weighted by molar-refractivity contribution is 7.93. The second kappa shape index (κ2) is 10.2. The van der Waals surface area contributed by atoms with Crippen LogP contribution < -0.4 is 9.04 Å². The van der Waals surface area contributed by atoms with Gasteiger partial charge in [-0.15, -0.1) is 0 Å². The van der Waals surface area contributed by atoms with Crippen LogP contribution in [0.5, 0.6) is 5.75 Å². The van der Waals surface area contributed by atoms with Crippen molar-refractivity contribution >= 4 is 21.7 Å². The van der Waals surface area contributed by atoms with Crippen molar-refractivity contribution in [2.24, 2.45) is 0 Å². The Morgan fingerprint density at radius 1 is 1.12 bits per heavy atom. The number of methoxy groups -OCH3 is 1. The summed E-state index contributed by atoms with van der Waals surface area (Å²) in [5.74, 6) is -2.37. The number of ether oxygens (including phenoxy) is 1. The van der Waals surface area contributed by atoms with E-state index in [9.17, 15) is 21.6 Å². The van der Waals surface area contributed by atoms with Crippen molar-refractivity contribution in [2.45, 2.75) is 43.8 Å². The highest BCUT2D eigenvalue weighted by Crippen LogP contribution is 2.38. The molecule has 2 heterocycles. The first-order valence-electron chi connectivity index (χ1n) is 10.8. The van der Waals surface area contributed by atoms with Gasteiger partial charge in [0.15, 0.2) is 0 Å². The van der Waals surface area contributed by atoms with Crippen molar-refractivity contribution in [3.05, 3.63) is 53.1 Å². The molecule has 1 saturated heterocycles. The molecule has 0 saturated carbocycles. The van der Waals surface area contributed by atoms with Gasteiger partial charge in [-0.05, 0) is 74.2 Å². The molecule has 0 bridgehead atoms. The molecule has 0 aliphatic carbocycles. The first-order chi connectivity index (χ1) is 15.9. The zero-order valence-electron chi connectivity index (χ0n) is 18.9. The highest BCUT2D eigenvalue weighted by Gasteiger charge is 2.38.